The minimum Gasteiger partial charge on any atom is -0.348 e. The van der Waals surface area contributed by atoms with E-state index in [4.69, 9.17) is 11.6 Å². The lowest BCUT2D eigenvalue weighted by Crippen LogP contribution is -2.23. The van der Waals surface area contributed by atoms with Crippen LogP contribution in [0.1, 0.15) is 26.3 Å². The van der Waals surface area contributed by atoms with Gasteiger partial charge in [0.25, 0.3) is 11.8 Å². The Morgan fingerprint density at radius 3 is 2.27 bits per heavy atom. The summed E-state index contributed by atoms with van der Waals surface area (Å²) in [5, 5.41) is 6.02. The van der Waals surface area contributed by atoms with E-state index in [9.17, 15) is 9.59 Å². The second-order valence-corrected chi connectivity index (χ2v) is 5.96. The van der Waals surface area contributed by atoms with E-state index in [1.165, 1.54) is 0 Å². The molecule has 6 heteroatoms. The normalized spacial score (nSPS) is 10.2. The van der Waals surface area contributed by atoms with Crippen LogP contribution in [0.15, 0.2) is 73.1 Å². The molecule has 26 heavy (non-hydrogen) atoms. The summed E-state index contributed by atoms with van der Waals surface area (Å²) in [5.74, 6) is -0.446. The summed E-state index contributed by atoms with van der Waals surface area (Å²) in [6, 6.07) is 17.3. The molecule has 0 saturated heterocycles. The third-order valence-corrected chi connectivity index (χ3v) is 4.06. The molecule has 2 N–H and O–H groups in total. The van der Waals surface area contributed by atoms with Crippen molar-refractivity contribution in [2.24, 2.45) is 0 Å². The second-order valence-electron chi connectivity index (χ2n) is 5.55. The average molecular weight is 366 g/mol. The zero-order chi connectivity index (χ0) is 18.4. The highest BCUT2D eigenvalue weighted by atomic mass is 35.5. The Hall–Kier alpha value is -3.18. The summed E-state index contributed by atoms with van der Waals surface area (Å²) in [7, 11) is 0. The Labute approximate surface area is 156 Å². The molecule has 1 heterocycles. The zero-order valence-corrected chi connectivity index (χ0v) is 14.5. The summed E-state index contributed by atoms with van der Waals surface area (Å²) in [5.41, 5.74) is 2.53. The van der Waals surface area contributed by atoms with E-state index in [1.54, 1.807) is 73.1 Å². The molecule has 2 amide bonds. The number of nitrogens with zero attached hydrogens (tertiary/aromatic N) is 1. The fourth-order valence-electron chi connectivity index (χ4n) is 2.34. The first-order valence-corrected chi connectivity index (χ1v) is 8.34. The summed E-state index contributed by atoms with van der Waals surface area (Å²) < 4.78 is 0. The number of carbonyl (C=O) groups is 2. The predicted octanol–water partition coefficient (Wildman–Crippen LogP) is 3.92. The number of amides is 2. The Bertz CT molecular complexity index is 912. The molecule has 0 unspecified atom stereocenters. The summed E-state index contributed by atoms with van der Waals surface area (Å²) >= 11 is 6.01. The minimum atomic E-state index is -0.241. The summed E-state index contributed by atoms with van der Waals surface area (Å²) in [6.07, 6.45) is 3.22. The number of benzene rings is 2. The van der Waals surface area contributed by atoms with Gasteiger partial charge in [0.15, 0.2) is 0 Å². The molecule has 1 aromatic heterocycles. The van der Waals surface area contributed by atoms with Crippen LogP contribution in [0.4, 0.5) is 5.69 Å². The topological polar surface area (TPSA) is 71.1 Å². The highest BCUT2D eigenvalue weighted by Crippen LogP contribution is 2.15. The van der Waals surface area contributed by atoms with Gasteiger partial charge in [-0.2, -0.15) is 0 Å². The van der Waals surface area contributed by atoms with Gasteiger partial charge >= 0.3 is 0 Å². The van der Waals surface area contributed by atoms with E-state index in [2.05, 4.69) is 15.6 Å². The molecule has 130 valence electrons. The van der Waals surface area contributed by atoms with Crippen molar-refractivity contribution in [3.05, 3.63) is 94.8 Å². The number of halogens is 1. The second kappa shape index (κ2) is 8.27. The number of pyridine rings is 1. The van der Waals surface area contributed by atoms with Crippen LogP contribution in [0.3, 0.4) is 0 Å². The fraction of sp³-hybridized carbons (Fsp3) is 0.0500. The summed E-state index contributed by atoms with van der Waals surface area (Å²) in [4.78, 5) is 28.3. The molecular weight excluding hydrogens is 350 g/mol. The standard InChI is InChI=1S/C20H16ClN3O2/c21-18-4-2-1-3-17(18)20(26)23-13-14-5-7-15(8-6-14)19(25)24-16-9-11-22-12-10-16/h1-12H,13H2,(H,23,26)(H,22,24,25). The number of hydrogen-bond donors (Lipinski definition) is 2. The van der Waals surface area contributed by atoms with Crippen molar-refractivity contribution in [3.8, 4) is 0 Å². The van der Waals surface area contributed by atoms with Crippen LogP contribution in [0.2, 0.25) is 5.02 Å². The first-order chi connectivity index (χ1) is 12.6. The summed E-state index contributed by atoms with van der Waals surface area (Å²) in [6.45, 7) is 0.344. The van der Waals surface area contributed by atoms with Gasteiger partial charge in [0, 0.05) is 30.2 Å². The van der Waals surface area contributed by atoms with Crippen LogP contribution >= 0.6 is 11.6 Å². The highest BCUT2D eigenvalue weighted by molar-refractivity contribution is 6.33. The Morgan fingerprint density at radius 2 is 1.58 bits per heavy atom. The van der Waals surface area contributed by atoms with E-state index >= 15 is 0 Å². The SMILES string of the molecule is O=C(Nc1ccncc1)c1ccc(CNC(=O)c2ccccc2Cl)cc1. The van der Waals surface area contributed by atoms with Gasteiger partial charge in [0.1, 0.15) is 0 Å². The number of nitrogens with one attached hydrogen (secondary N) is 2. The first-order valence-electron chi connectivity index (χ1n) is 7.96. The lowest BCUT2D eigenvalue weighted by Gasteiger charge is -2.08. The van der Waals surface area contributed by atoms with Gasteiger partial charge < -0.3 is 10.6 Å². The van der Waals surface area contributed by atoms with Crippen molar-refractivity contribution >= 4 is 29.1 Å². The lowest BCUT2D eigenvalue weighted by atomic mass is 10.1. The van der Waals surface area contributed by atoms with E-state index in [0.29, 0.717) is 28.4 Å². The number of anilines is 1. The molecule has 0 fully saturated rings. The van der Waals surface area contributed by atoms with E-state index in [0.717, 1.165) is 5.56 Å². The van der Waals surface area contributed by atoms with Gasteiger partial charge in [0.2, 0.25) is 0 Å². The monoisotopic (exact) mass is 365 g/mol. The fourth-order valence-corrected chi connectivity index (χ4v) is 2.56. The van der Waals surface area contributed by atoms with Crippen LogP contribution in [0, 0.1) is 0 Å². The quantitative estimate of drug-likeness (QED) is 0.720. The average Bonchev–Trinajstić information content (AvgIpc) is 2.67. The molecule has 0 saturated carbocycles. The van der Waals surface area contributed by atoms with Gasteiger partial charge in [-0.15, -0.1) is 0 Å². The van der Waals surface area contributed by atoms with Crippen LogP contribution in [0.25, 0.3) is 0 Å². The minimum absolute atomic E-state index is 0.206. The molecule has 0 atom stereocenters. The van der Waals surface area contributed by atoms with Crippen LogP contribution in [-0.2, 0) is 6.54 Å². The van der Waals surface area contributed by atoms with Gasteiger partial charge in [-0.3, -0.25) is 14.6 Å². The molecule has 0 aliphatic carbocycles. The lowest BCUT2D eigenvalue weighted by molar-refractivity contribution is 0.0950. The number of rotatable bonds is 5. The number of hydrogen-bond acceptors (Lipinski definition) is 3. The van der Waals surface area contributed by atoms with Crippen molar-refractivity contribution in [1.29, 1.82) is 0 Å². The van der Waals surface area contributed by atoms with Gasteiger partial charge in [-0.25, -0.2) is 0 Å². The number of carbonyl (C=O) groups excluding carboxylic acids is 2. The Morgan fingerprint density at radius 1 is 0.885 bits per heavy atom. The first kappa shape index (κ1) is 17.6. The molecule has 2 aromatic carbocycles. The smallest absolute Gasteiger partial charge is 0.255 e. The van der Waals surface area contributed by atoms with Crippen molar-refractivity contribution < 1.29 is 9.59 Å². The van der Waals surface area contributed by atoms with Crippen molar-refractivity contribution in [1.82, 2.24) is 10.3 Å². The maximum absolute atomic E-state index is 12.2. The zero-order valence-electron chi connectivity index (χ0n) is 13.8. The molecule has 5 nitrogen and oxygen atoms in total. The van der Waals surface area contributed by atoms with Crippen LogP contribution in [0.5, 0.6) is 0 Å². The van der Waals surface area contributed by atoms with E-state index < -0.39 is 0 Å². The van der Waals surface area contributed by atoms with Gasteiger partial charge in [-0.1, -0.05) is 35.9 Å². The molecule has 0 aliphatic heterocycles. The molecule has 0 aliphatic rings. The van der Waals surface area contributed by atoms with E-state index in [1.807, 2.05) is 0 Å². The van der Waals surface area contributed by atoms with Crippen molar-refractivity contribution in [2.75, 3.05) is 5.32 Å². The molecular formula is C20H16ClN3O2. The molecule has 3 rings (SSSR count). The molecule has 0 bridgehead atoms. The maximum atomic E-state index is 12.2. The van der Waals surface area contributed by atoms with Gasteiger partial charge in [0.05, 0.1) is 10.6 Å². The van der Waals surface area contributed by atoms with E-state index in [-0.39, 0.29) is 11.8 Å². The largest absolute Gasteiger partial charge is 0.348 e. The highest BCUT2D eigenvalue weighted by Gasteiger charge is 2.10. The molecule has 0 spiro atoms. The Balaban J connectivity index is 1.58. The predicted molar refractivity (Wildman–Crippen MR) is 101 cm³/mol. The Kier molecular flexibility index (Phi) is 5.61. The molecule has 3 aromatic rings. The number of aromatic nitrogens is 1. The third kappa shape index (κ3) is 4.46. The molecule has 0 radical (unpaired) electrons. The van der Waals surface area contributed by atoms with Crippen LogP contribution in [-0.4, -0.2) is 16.8 Å². The third-order valence-electron chi connectivity index (χ3n) is 3.73. The van der Waals surface area contributed by atoms with Gasteiger partial charge in [-0.05, 0) is 42.0 Å². The van der Waals surface area contributed by atoms with Crippen molar-refractivity contribution in [2.45, 2.75) is 6.54 Å². The maximum Gasteiger partial charge on any atom is 0.255 e. The van der Waals surface area contributed by atoms with Crippen LogP contribution < -0.4 is 10.6 Å². The van der Waals surface area contributed by atoms with Crippen molar-refractivity contribution in [3.63, 3.8) is 0 Å².